The van der Waals surface area contributed by atoms with E-state index in [1.165, 1.54) is 31.9 Å². The first kappa shape index (κ1) is 10.3. The maximum Gasteiger partial charge on any atom is 0.0174 e. The Bertz CT molecular complexity index is 581. The van der Waals surface area contributed by atoms with E-state index in [-0.39, 0.29) is 0 Å². The molecule has 0 saturated carbocycles. The average molecular weight is 320 g/mol. The monoisotopic (exact) mass is 320 g/mol. The van der Waals surface area contributed by atoms with Gasteiger partial charge in [-0.2, -0.15) is 0 Å². The van der Waals surface area contributed by atoms with E-state index in [2.05, 4.69) is 72.0 Å². The van der Waals surface area contributed by atoms with Gasteiger partial charge < -0.3 is 0 Å². The molecular formula is C15H13I. The van der Waals surface area contributed by atoms with E-state index < -0.39 is 0 Å². The van der Waals surface area contributed by atoms with Gasteiger partial charge in [-0.25, -0.2) is 0 Å². The number of allylic oxidation sites excluding steroid dienone is 1. The molecule has 0 aliphatic heterocycles. The smallest absolute Gasteiger partial charge is 0.0174 e. The van der Waals surface area contributed by atoms with Gasteiger partial charge in [-0.1, -0.05) is 43.3 Å². The largest absolute Gasteiger partial charge is 0.0807 e. The van der Waals surface area contributed by atoms with Crippen LogP contribution < -0.4 is 0 Å². The first-order valence-electron chi connectivity index (χ1n) is 5.64. The minimum Gasteiger partial charge on any atom is -0.0807 e. The third-order valence-corrected chi connectivity index (χ3v) is 4.23. The average Bonchev–Trinajstić information content (AvgIpc) is 2.29. The van der Waals surface area contributed by atoms with Gasteiger partial charge in [0.05, 0.1) is 0 Å². The molecule has 1 heteroatoms. The lowest BCUT2D eigenvalue weighted by Gasteiger charge is -2.19. The molecule has 80 valence electrons. The number of halogens is 1. The van der Waals surface area contributed by atoms with E-state index in [9.17, 15) is 0 Å². The summed E-state index contributed by atoms with van der Waals surface area (Å²) in [6, 6.07) is 11.0. The fraction of sp³-hybridized carbons (Fsp3) is 0.200. The van der Waals surface area contributed by atoms with Crippen LogP contribution in [0.1, 0.15) is 18.1 Å². The number of hydrogen-bond acceptors (Lipinski definition) is 0. The van der Waals surface area contributed by atoms with Gasteiger partial charge in [-0.15, -0.1) is 0 Å². The second-order valence-electron chi connectivity index (χ2n) is 4.51. The zero-order valence-corrected chi connectivity index (χ0v) is 11.4. The Morgan fingerprint density at radius 2 is 2.06 bits per heavy atom. The number of rotatable bonds is 0. The zero-order chi connectivity index (χ0) is 11.1. The summed E-state index contributed by atoms with van der Waals surface area (Å²) >= 11 is 2.47. The van der Waals surface area contributed by atoms with Crippen molar-refractivity contribution >= 4 is 39.4 Å². The predicted molar refractivity (Wildman–Crippen MR) is 78.6 cm³/mol. The standard InChI is InChI=1S/C15H13I/c1-10-6-7-13-12-5-3-2-4-11(12)9-15(16)14(13)8-10/h2-7,9-10H,8H2,1H3/t10-/m0/s1. The zero-order valence-electron chi connectivity index (χ0n) is 9.20. The molecule has 0 spiro atoms. The van der Waals surface area contributed by atoms with Crippen LogP contribution in [-0.2, 0) is 6.42 Å². The highest BCUT2D eigenvalue weighted by Crippen LogP contribution is 2.33. The first-order chi connectivity index (χ1) is 7.75. The highest BCUT2D eigenvalue weighted by Gasteiger charge is 2.15. The molecule has 0 radical (unpaired) electrons. The summed E-state index contributed by atoms with van der Waals surface area (Å²) in [5.74, 6) is 0.669. The molecule has 0 aromatic heterocycles. The fourth-order valence-electron chi connectivity index (χ4n) is 2.43. The van der Waals surface area contributed by atoms with Crippen LogP contribution in [0.25, 0.3) is 16.8 Å². The Balaban J connectivity index is 2.39. The van der Waals surface area contributed by atoms with Crippen LogP contribution in [0.4, 0.5) is 0 Å². The third kappa shape index (κ3) is 1.58. The molecule has 0 saturated heterocycles. The molecule has 0 amide bonds. The van der Waals surface area contributed by atoms with Gasteiger partial charge in [0.25, 0.3) is 0 Å². The summed E-state index contributed by atoms with van der Waals surface area (Å²) in [6.45, 7) is 2.28. The van der Waals surface area contributed by atoms with E-state index in [4.69, 9.17) is 0 Å². The Hall–Kier alpha value is -0.830. The van der Waals surface area contributed by atoms with Crippen molar-refractivity contribution in [3.05, 3.63) is 51.1 Å². The molecule has 2 aromatic carbocycles. The van der Waals surface area contributed by atoms with Crippen molar-refractivity contribution in [1.29, 1.82) is 0 Å². The summed E-state index contributed by atoms with van der Waals surface area (Å²) in [5.41, 5.74) is 2.95. The van der Waals surface area contributed by atoms with Crippen LogP contribution in [0.3, 0.4) is 0 Å². The van der Waals surface area contributed by atoms with Crippen molar-refractivity contribution in [3.63, 3.8) is 0 Å². The summed E-state index contributed by atoms with van der Waals surface area (Å²) in [4.78, 5) is 0. The normalized spacial score (nSPS) is 18.8. The molecule has 1 aliphatic rings. The Morgan fingerprint density at radius 1 is 1.25 bits per heavy atom. The predicted octanol–water partition coefficient (Wildman–Crippen LogP) is 4.65. The molecule has 0 N–H and O–H groups in total. The van der Waals surface area contributed by atoms with E-state index in [1.54, 1.807) is 0 Å². The van der Waals surface area contributed by atoms with Crippen molar-refractivity contribution in [2.45, 2.75) is 13.3 Å². The van der Waals surface area contributed by atoms with E-state index >= 15 is 0 Å². The number of fused-ring (bicyclic) bond motifs is 3. The molecule has 16 heavy (non-hydrogen) atoms. The minimum atomic E-state index is 0.669. The molecule has 0 heterocycles. The fourth-order valence-corrected chi connectivity index (χ4v) is 3.28. The second-order valence-corrected chi connectivity index (χ2v) is 5.67. The summed E-state index contributed by atoms with van der Waals surface area (Å²) in [7, 11) is 0. The first-order valence-corrected chi connectivity index (χ1v) is 6.72. The molecule has 0 bridgehead atoms. The van der Waals surface area contributed by atoms with Gasteiger partial charge in [0.15, 0.2) is 0 Å². The van der Waals surface area contributed by atoms with E-state index in [0.29, 0.717) is 5.92 Å². The van der Waals surface area contributed by atoms with Crippen LogP contribution in [0, 0.1) is 9.49 Å². The minimum absolute atomic E-state index is 0.669. The lowest BCUT2D eigenvalue weighted by molar-refractivity contribution is 0.716. The lowest BCUT2D eigenvalue weighted by atomic mass is 9.88. The van der Waals surface area contributed by atoms with Crippen molar-refractivity contribution < 1.29 is 0 Å². The Morgan fingerprint density at radius 3 is 2.94 bits per heavy atom. The Kier molecular flexibility index (Phi) is 2.51. The number of hydrogen-bond donors (Lipinski definition) is 0. The molecule has 1 aliphatic carbocycles. The molecule has 3 rings (SSSR count). The molecule has 1 atom stereocenters. The van der Waals surface area contributed by atoms with Crippen molar-refractivity contribution in [2.75, 3.05) is 0 Å². The van der Waals surface area contributed by atoms with E-state index in [0.717, 1.165) is 0 Å². The summed E-state index contributed by atoms with van der Waals surface area (Å²) < 4.78 is 1.41. The van der Waals surface area contributed by atoms with Gasteiger partial charge in [-0.05, 0) is 62.9 Å². The maximum absolute atomic E-state index is 2.47. The maximum atomic E-state index is 2.47. The lowest BCUT2D eigenvalue weighted by Crippen LogP contribution is -2.05. The van der Waals surface area contributed by atoms with Gasteiger partial charge in [0.1, 0.15) is 0 Å². The number of benzene rings is 2. The van der Waals surface area contributed by atoms with Crippen LogP contribution >= 0.6 is 22.6 Å². The highest BCUT2D eigenvalue weighted by atomic mass is 127. The van der Waals surface area contributed by atoms with Crippen LogP contribution in [0.5, 0.6) is 0 Å². The van der Waals surface area contributed by atoms with Crippen molar-refractivity contribution in [3.8, 4) is 0 Å². The second kappa shape index (κ2) is 3.88. The molecule has 0 unspecified atom stereocenters. The third-order valence-electron chi connectivity index (χ3n) is 3.26. The summed E-state index contributed by atoms with van der Waals surface area (Å²) in [6.07, 6.45) is 5.80. The molecule has 2 aromatic rings. The molecular weight excluding hydrogens is 307 g/mol. The van der Waals surface area contributed by atoms with Gasteiger partial charge in [0, 0.05) is 3.57 Å². The SMILES string of the molecule is C[C@H]1C=Cc2c(c(I)cc3ccccc23)C1. The van der Waals surface area contributed by atoms with Gasteiger partial charge in [0.2, 0.25) is 0 Å². The van der Waals surface area contributed by atoms with Gasteiger partial charge in [-0.3, -0.25) is 0 Å². The quantitative estimate of drug-likeness (QED) is 0.620. The van der Waals surface area contributed by atoms with Crippen LogP contribution in [0.15, 0.2) is 36.4 Å². The van der Waals surface area contributed by atoms with Crippen molar-refractivity contribution in [1.82, 2.24) is 0 Å². The highest BCUT2D eigenvalue weighted by molar-refractivity contribution is 14.1. The molecule has 0 fully saturated rings. The van der Waals surface area contributed by atoms with Gasteiger partial charge >= 0.3 is 0 Å². The van der Waals surface area contributed by atoms with E-state index in [1.807, 2.05) is 0 Å². The Labute approximate surface area is 110 Å². The van der Waals surface area contributed by atoms with Crippen LogP contribution in [0.2, 0.25) is 0 Å². The van der Waals surface area contributed by atoms with Crippen LogP contribution in [-0.4, -0.2) is 0 Å². The molecule has 0 nitrogen and oxygen atoms in total. The van der Waals surface area contributed by atoms with Crippen molar-refractivity contribution in [2.24, 2.45) is 5.92 Å². The summed E-state index contributed by atoms with van der Waals surface area (Å²) in [5, 5.41) is 2.74. The topological polar surface area (TPSA) is 0 Å².